The minimum atomic E-state index is 0.0176. The molecule has 1 saturated heterocycles. The van der Waals surface area contributed by atoms with Crippen LogP contribution in [-0.2, 0) is 16.1 Å². The Balaban J connectivity index is 0.00000155. The van der Waals surface area contributed by atoms with Crippen LogP contribution in [0.5, 0.6) is 0 Å². The van der Waals surface area contributed by atoms with Crippen LogP contribution in [0.15, 0.2) is 35.5 Å². The van der Waals surface area contributed by atoms with Gasteiger partial charge in [-0.1, -0.05) is 23.7 Å². The number of benzene rings is 1. The maximum Gasteiger partial charge on any atom is 0.224 e. The number of hydrogen-bond acceptors (Lipinski definition) is 4. The smallest absolute Gasteiger partial charge is 0.224 e. The van der Waals surface area contributed by atoms with E-state index in [2.05, 4.69) is 47.5 Å². The molecule has 6 nitrogen and oxygen atoms in total. The van der Waals surface area contributed by atoms with Crippen LogP contribution in [0.1, 0.15) is 38.7 Å². The number of terminal acetylenes is 1. The predicted molar refractivity (Wildman–Crippen MR) is 121 cm³/mol. The Kier molecular flexibility index (Phi) is 9.22. The summed E-state index contributed by atoms with van der Waals surface area (Å²) in [5, 5.41) is 10.2. The maximum absolute atomic E-state index is 12.5. The predicted octanol–water partition coefficient (Wildman–Crippen LogP) is 2.44. The maximum atomic E-state index is 12.5. The van der Waals surface area contributed by atoms with Gasteiger partial charge in [-0.2, -0.15) is 0 Å². The number of carbonyl (C=O) groups is 2. The lowest BCUT2D eigenvalue weighted by Gasteiger charge is -2.21. The van der Waals surface area contributed by atoms with Gasteiger partial charge in [0, 0.05) is 55.4 Å². The van der Waals surface area contributed by atoms with E-state index < -0.39 is 0 Å². The van der Waals surface area contributed by atoms with Crippen molar-refractivity contribution in [2.45, 2.75) is 51.7 Å². The van der Waals surface area contributed by atoms with Crippen molar-refractivity contribution in [3.8, 4) is 12.8 Å². The van der Waals surface area contributed by atoms with Crippen molar-refractivity contribution in [2.75, 3.05) is 19.6 Å². The monoisotopic (exact) mass is 430 g/mol. The first-order valence-corrected chi connectivity index (χ1v) is 10.6. The molecule has 7 heteroatoms. The van der Waals surface area contributed by atoms with Crippen LogP contribution in [0.3, 0.4) is 0 Å². The molecule has 2 amide bonds. The molecule has 162 valence electrons. The standard InChI is InChI=1S/C21H29ClN4O2.C2H2/c1-14(2)24-19-13-26(12-18-7-8-20(27)25-18)11-16(19)9-21(28)23-10-15-3-5-17(22)6-4-15;1-2/h3-6,14,18,24H,7-13H2,1-2H3,(H,23,28)(H,25,27);1-2H. The molecule has 1 unspecified atom stereocenters. The van der Waals surface area contributed by atoms with Crippen molar-refractivity contribution < 1.29 is 9.59 Å². The lowest BCUT2D eigenvalue weighted by atomic mass is 10.1. The van der Waals surface area contributed by atoms with Gasteiger partial charge in [-0.25, -0.2) is 0 Å². The topological polar surface area (TPSA) is 73.5 Å². The highest BCUT2D eigenvalue weighted by atomic mass is 35.5. The van der Waals surface area contributed by atoms with Gasteiger partial charge < -0.3 is 16.0 Å². The lowest BCUT2D eigenvalue weighted by Crippen LogP contribution is -2.38. The van der Waals surface area contributed by atoms with Gasteiger partial charge in [0.05, 0.1) is 6.42 Å². The number of rotatable bonds is 8. The lowest BCUT2D eigenvalue weighted by molar-refractivity contribution is -0.121. The molecule has 0 radical (unpaired) electrons. The highest BCUT2D eigenvalue weighted by Gasteiger charge is 2.28. The van der Waals surface area contributed by atoms with Crippen molar-refractivity contribution in [1.82, 2.24) is 20.9 Å². The van der Waals surface area contributed by atoms with Crippen LogP contribution in [0.4, 0.5) is 0 Å². The van der Waals surface area contributed by atoms with E-state index >= 15 is 0 Å². The average molecular weight is 431 g/mol. The number of halogens is 1. The van der Waals surface area contributed by atoms with E-state index in [1.54, 1.807) is 0 Å². The molecule has 0 bridgehead atoms. The highest BCUT2D eigenvalue weighted by Crippen LogP contribution is 2.21. The van der Waals surface area contributed by atoms with Crippen LogP contribution in [0, 0.1) is 12.8 Å². The van der Waals surface area contributed by atoms with Crippen LogP contribution in [-0.4, -0.2) is 48.4 Å². The Morgan fingerprint density at radius 2 is 1.97 bits per heavy atom. The first-order valence-electron chi connectivity index (χ1n) is 10.2. The van der Waals surface area contributed by atoms with E-state index in [9.17, 15) is 9.59 Å². The Labute approximate surface area is 184 Å². The van der Waals surface area contributed by atoms with Gasteiger partial charge in [-0.3, -0.25) is 14.5 Å². The summed E-state index contributed by atoms with van der Waals surface area (Å²) in [7, 11) is 0. The molecule has 0 saturated carbocycles. The fraction of sp³-hybridized carbons (Fsp3) is 0.478. The van der Waals surface area contributed by atoms with E-state index in [1.807, 2.05) is 24.3 Å². The minimum Gasteiger partial charge on any atom is -0.385 e. The van der Waals surface area contributed by atoms with E-state index in [1.165, 1.54) is 0 Å². The van der Waals surface area contributed by atoms with E-state index in [0.717, 1.165) is 42.9 Å². The fourth-order valence-electron chi connectivity index (χ4n) is 3.73. The van der Waals surface area contributed by atoms with Crippen LogP contribution in [0.2, 0.25) is 5.02 Å². The average Bonchev–Trinajstić information content (AvgIpc) is 3.28. The summed E-state index contributed by atoms with van der Waals surface area (Å²) in [6, 6.07) is 8.01. The third kappa shape index (κ3) is 7.40. The number of nitrogens with zero attached hydrogens (tertiary/aromatic N) is 1. The first-order chi connectivity index (χ1) is 14.4. The summed E-state index contributed by atoms with van der Waals surface area (Å²) in [5.74, 6) is 0.156. The van der Waals surface area contributed by atoms with Crippen LogP contribution >= 0.6 is 11.6 Å². The van der Waals surface area contributed by atoms with Gasteiger partial charge >= 0.3 is 0 Å². The molecule has 2 heterocycles. The molecule has 1 aromatic carbocycles. The molecular formula is C23H31ClN4O2. The van der Waals surface area contributed by atoms with Crippen molar-refractivity contribution in [2.24, 2.45) is 0 Å². The van der Waals surface area contributed by atoms with E-state index in [4.69, 9.17) is 11.6 Å². The SMILES string of the molecule is C#C.CC(C)NC1=C(CC(=O)NCc2ccc(Cl)cc2)CN(CC2CCC(=O)N2)C1. The number of amides is 2. The zero-order valence-electron chi connectivity index (χ0n) is 17.7. The number of hydrogen-bond donors (Lipinski definition) is 3. The molecule has 0 aromatic heterocycles. The normalized spacial score (nSPS) is 18.7. The molecule has 2 aliphatic rings. The second kappa shape index (κ2) is 11.6. The largest absolute Gasteiger partial charge is 0.385 e. The molecule has 1 aromatic rings. The molecule has 0 aliphatic carbocycles. The Morgan fingerprint density at radius 1 is 1.27 bits per heavy atom. The van der Waals surface area contributed by atoms with Gasteiger partial charge in [0.15, 0.2) is 0 Å². The van der Waals surface area contributed by atoms with Crippen LogP contribution < -0.4 is 16.0 Å². The molecule has 30 heavy (non-hydrogen) atoms. The van der Waals surface area contributed by atoms with E-state index in [0.29, 0.717) is 30.5 Å². The van der Waals surface area contributed by atoms with Gasteiger partial charge in [0.25, 0.3) is 0 Å². The molecule has 1 fully saturated rings. The molecule has 1 atom stereocenters. The minimum absolute atomic E-state index is 0.0176. The van der Waals surface area contributed by atoms with Gasteiger partial charge in [0.2, 0.25) is 11.8 Å². The van der Waals surface area contributed by atoms with Crippen molar-refractivity contribution >= 4 is 23.4 Å². The Morgan fingerprint density at radius 3 is 2.57 bits per heavy atom. The summed E-state index contributed by atoms with van der Waals surface area (Å²) in [6.07, 6.45) is 9.89. The fourth-order valence-corrected chi connectivity index (χ4v) is 3.86. The van der Waals surface area contributed by atoms with Gasteiger partial charge in [-0.05, 0) is 43.5 Å². The summed E-state index contributed by atoms with van der Waals surface area (Å²) >= 11 is 5.90. The molecule has 3 rings (SSSR count). The molecule has 0 spiro atoms. The second-order valence-electron chi connectivity index (χ2n) is 7.93. The summed E-state index contributed by atoms with van der Waals surface area (Å²) in [5.41, 5.74) is 3.30. The third-order valence-corrected chi connectivity index (χ3v) is 5.28. The quantitative estimate of drug-likeness (QED) is 0.554. The van der Waals surface area contributed by atoms with Gasteiger partial charge in [-0.15, -0.1) is 12.8 Å². The molecule has 3 N–H and O–H groups in total. The highest BCUT2D eigenvalue weighted by molar-refractivity contribution is 6.30. The summed E-state index contributed by atoms with van der Waals surface area (Å²) in [4.78, 5) is 26.2. The Bertz CT molecular complexity index is 786. The zero-order chi connectivity index (χ0) is 22.1. The molecule has 2 aliphatic heterocycles. The Hall–Kier alpha value is -2.49. The van der Waals surface area contributed by atoms with E-state index in [-0.39, 0.29) is 17.9 Å². The molecular weight excluding hydrogens is 400 g/mol. The first kappa shape index (κ1) is 23.8. The second-order valence-corrected chi connectivity index (χ2v) is 8.37. The van der Waals surface area contributed by atoms with Crippen molar-refractivity contribution in [3.05, 3.63) is 46.1 Å². The van der Waals surface area contributed by atoms with Crippen molar-refractivity contribution in [1.29, 1.82) is 0 Å². The summed E-state index contributed by atoms with van der Waals surface area (Å²) in [6.45, 7) is 7.08. The summed E-state index contributed by atoms with van der Waals surface area (Å²) < 4.78 is 0. The third-order valence-electron chi connectivity index (χ3n) is 5.03. The number of carbonyl (C=O) groups excluding carboxylic acids is 2. The van der Waals surface area contributed by atoms with Gasteiger partial charge in [0.1, 0.15) is 0 Å². The zero-order valence-corrected chi connectivity index (χ0v) is 18.5. The van der Waals surface area contributed by atoms with Crippen molar-refractivity contribution in [3.63, 3.8) is 0 Å². The number of nitrogens with one attached hydrogen (secondary N) is 3. The van der Waals surface area contributed by atoms with Crippen LogP contribution in [0.25, 0.3) is 0 Å².